The van der Waals surface area contributed by atoms with E-state index in [0.717, 1.165) is 18.4 Å². The van der Waals surface area contributed by atoms with Gasteiger partial charge in [0.15, 0.2) is 0 Å². The van der Waals surface area contributed by atoms with Gasteiger partial charge in [-0.3, -0.25) is 0 Å². The van der Waals surface area contributed by atoms with E-state index in [0.29, 0.717) is 9.87 Å². The summed E-state index contributed by atoms with van der Waals surface area (Å²) in [5.74, 6) is 0. The summed E-state index contributed by atoms with van der Waals surface area (Å²) in [5, 5.41) is 10.3. The molecular formula is C8H11F2NO3S2. The second-order valence-electron chi connectivity index (χ2n) is 3.11. The lowest BCUT2D eigenvalue weighted by molar-refractivity contribution is 0.126. The summed E-state index contributed by atoms with van der Waals surface area (Å²) in [7, 11) is -2.77. The second-order valence-corrected chi connectivity index (χ2v) is 6.29. The van der Waals surface area contributed by atoms with Gasteiger partial charge in [-0.2, -0.15) is 4.31 Å². The average Bonchev–Trinajstić information content (AvgIpc) is 2.65. The minimum Gasteiger partial charge on any atom is -0.392 e. The molecule has 16 heavy (non-hydrogen) atoms. The van der Waals surface area contributed by atoms with Gasteiger partial charge < -0.3 is 5.11 Å². The van der Waals surface area contributed by atoms with Crippen LogP contribution in [0.15, 0.2) is 15.7 Å². The molecule has 0 amide bonds. The molecule has 0 spiro atoms. The van der Waals surface area contributed by atoms with Crippen molar-refractivity contribution in [1.82, 2.24) is 4.31 Å². The van der Waals surface area contributed by atoms with Crippen LogP contribution in [0.1, 0.15) is 5.56 Å². The van der Waals surface area contributed by atoms with Crippen molar-refractivity contribution in [2.75, 3.05) is 13.6 Å². The highest BCUT2D eigenvalue weighted by Crippen LogP contribution is 2.23. The summed E-state index contributed by atoms with van der Waals surface area (Å²) in [5.41, 5.74) is 0.453. The molecule has 92 valence electrons. The molecule has 0 bridgehead atoms. The highest BCUT2D eigenvalue weighted by molar-refractivity contribution is 7.91. The van der Waals surface area contributed by atoms with Gasteiger partial charge in [-0.15, -0.1) is 11.3 Å². The Balaban J connectivity index is 2.92. The Kier molecular flexibility index (Phi) is 4.36. The molecule has 1 N–H and O–H groups in total. The van der Waals surface area contributed by atoms with Crippen LogP contribution in [0.3, 0.4) is 0 Å². The van der Waals surface area contributed by atoms with Gasteiger partial charge in [0.1, 0.15) is 4.21 Å². The third-order valence-corrected chi connectivity index (χ3v) is 5.16. The lowest BCUT2D eigenvalue weighted by Gasteiger charge is -2.14. The van der Waals surface area contributed by atoms with Crippen LogP contribution in [-0.2, 0) is 16.6 Å². The van der Waals surface area contributed by atoms with E-state index in [1.165, 1.54) is 11.4 Å². The van der Waals surface area contributed by atoms with Crippen LogP contribution in [0.2, 0.25) is 0 Å². The summed E-state index contributed by atoms with van der Waals surface area (Å²) in [6.45, 7) is -1.11. The van der Waals surface area contributed by atoms with Gasteiger partial charge >= 0.3 is 0 Å². The number of aliphatic hydroxyl groups is 1. The zero-order valence-corrected chi connectivity index (χ0v) is 10.1. The summed E-state index contributed by atoms with van der Waals surface area (Å²) in [6, 6.07) is 1.28. The van der Waals surface area contributed by atoms with Crippen LogP contribution >= 0.6 is 11.3 Å². The Morgan fingerprint density at radius 2 is 2.19 bits per heavy atom. The number of sulfonamides is 1. The maximum Gasteiger partial charge on any atom is 0.252 e. The van der Waals surface area contributed by atoms with Crippen molar-refractivity contribution in [2.45, 2.75) is 17.2 Å². The van der Waals surface area contributed by atoms with Crippen molar-refractivity contribution in [3.05, 3.63) is 17.0 Å². The normalized spacial score (nSPS) is 12.6. The molecule has 0 aliphatic heterocycles. The predicted octanol–water partition coefficient (Wildman–Crippen LogP) is 1.13. The molecule has 8 heteroatoms. The molecule has 0 saturated carbocycles. The Hall–Kier alpha value is -0.570. The Morgan fingerprint density at radius 1 is 1.56 bits per heavy atom. The van der Waals surface area contributed by atoms with Crippen molar-refractivity contribution >= 4 is 21.4 Å². The first-order chi connectivity index (χ1) is 7.37. The first kappa shape index (κ1) is 13.5. The molecule has 0 aromatic carbocycles. The van der Waals surface area contributed by atoms with Gasteiger partial charge in [-0.25, -0.2) is 17.2 Å². The third kappa shape index (κ3) is 2.97. The van der Waals surface area contributed by atoms with Crippen LogP contribution in [-0.4, -0.2) is 37.8 Å². The minimum atomic E-state index is -3.86. The first-order valence-corrected chi connectivity index (χ1v) is 6.62. The molecule has 1 aromatic rings. The van der Waals surface area contributed by atoms with Crippen LogP contribution in [0.5, 0.6) is 0 Å². The van der Waals surface area contributed by atoms with Crippen LogP contribution in [0.25, 0.3) is 0 Å². The van der Waals surface area contributed by atoms with E-state index in [2.05, 4.69) is 0 Å². The summed E-state index contributed by atoms with van der Waals surface area (Å²) in [4.78, 5) is 0. The third-order valence-electron chi connectivity index (χ3n) is 1.87. The van der Waals surface area contributed by atoms with Gasteiger partial charge in [0.2, 0.25) is 0 Å². The summed E-state index contributed by atoms with van der Waals surface area (Å²) < 4.78 is 48.1. The monoisotopic (exact) mass is 271 g/mol. The van der Waals surface area contributed by atoms with Crippen molar-refractivity contribution in [1.29, 1.82) is 0 Å². The van der Waals surface area contributed by atoms with E-state index in [-0.39, 0.29) is 10.8 Å². The molecule has 0 unspecified atom stereocenters. The molecule has 1 heterocycles. The van der Waals surface area contributed by atoms with Crippen molar-refractivity contribution in [3.8, 4) is 0 Å². The topological polar surface area (TPSA) is 57.6 Å². The minimum absolute atomic E-state index is 0.0419. The fourth-order valence-corrected chi connectivity index (χ4v) is 3.58. The molecule has 0 radical (unpaired) electrons. The molecule has 0 atom stereocenters. The standard InChI is InChI=1S/C8H11F2NO3S2/c1-11(3-7(9)10)16(13,14)8-2-6(4-12)5-15-8/h2,5,7,12H,3-4H2,1H3. The highest BCUT2D eigenvalue weighted by Gasteiger charge is 2.25. The SMILES string of the molecule is CN(CC(F)F)S(=O)(=O)c1cc(CO)cs1. The van der Waals surface area contributed by atoms with E-state index in [1.807, 2.05) is 0 Å². The van der Waals surface area contributed by atoms with Crippen LogP contribution in [0, 0.1) is 0 Å². The number of nitrogens with zero attached hydrogens (tertiary/aromatic N) is 1. The number of thiophene rings is 1. The van der Waals surface area contributed by atoms with Crippen molar-refractivity contribution < 1.29 is 22.3 Å². The Morgan fingerprint density at radius 3 is 2.62 bits per heavy atom. The smallest absolute Gasteiger partial charge is 0.252 e. The number of halogens is 2. The van der Waals surface area contributed by atoms with Gasteiger partial charge in [0.05, 0.1) is 13.2 Å². The molecule has 0 aliphatic carbocycles. The zero-order chi connectivity index (χ0) is 12.3. The second kappa shape index (κ2) is 5.17. The lowest BCUT2D eigenvalue weighted by Crippen LogP contribution is -2.30. The maximum absolute atomic E-state index is 12.1. The lowest BCUT2D eigenvalue weighted by atomic mass is 10.4. The molecule has 1 rings (SSSR count). The Bertz CT molecular complexity index is 444. The van der Waals surface area contributed by atoms with E-state index in [4.69, 9.17) is 5.11 Å². The van der Waals surface area contributed by atoms with Crippen LogP contribution in [0.4, 0.5) is 8.78 Å². The number of aliphatic hydroxyl groups excluding tert-OH is 1. The maximum atomic E-state index is 12.1. The molecule has 1 aromatic heterocycles. The van der Waals surface area contributed by atoms with Crippen molar-refractivity contribution in [2.24, 2.45) is 0 Å². The van der Waals surface area contributed by atoms with E-state index in [1.54, 1.807) is 0 Å². The molecule has 4 nitrogen and oxygen atoms in total. The fraction of sp³-hybridized carbons (Fsp3) is 0.500. The number of alkyl halides is 2. The van der Waals surface area contributed by atoms with Gasteiger partial charge in [0.25, 0.3) is 16.4 Å². The largest absolute Gasteiger partial charge is 0.392 e. The predicted molar refractivity (Wildman–Crippen MR) is 56.1 cm³/mol. The molecule has 0 fully saturated rings. The fourth-order valence-electron chi connectivity index (χ4n) is 1.02. The molecule has 0 aliphatic rings. The van der Waals surface area contributed by atoms with Gasteiger partial charge in [-0.1, -0.05) is 0 Å². The van der Waals surface area contributed by atoms with Crippen molar-refractivity contribution in [3.63, 3.8) is 0 Å². The van der Waals surface area contributed by atoms with Gasteiger partial charge in [-0.05, 0) is 17.0 Å². The van der Waals surface area contributed by atoms with E-state index >= 15 is 0 Å². The van der Waals surface area contributed by atoms with Gasteiger partial charge in [0, 0.05) is 7.05 Å². The van der Waals surface area contributed by atoms with E-state index in [9.17, 15) is 17.2 Å². The Labute approximate surface area is 96.2 Å². The highest BCUT2D eigenvalue weighted by atomic mass is 32.2. The van der Waals surface area contributed by atoms with E-state index < -0.39 is 23.0 Å². The quantitative estimate of drug-likeness (QED) is 0.873. The number of hydrogen-bond acceptors (Lipinski definition) is 4. The summed E-state index contributed by atoms with van der Waals surface area (Å²) >= 11 is 0.902. The molecule has 0 saturated heterocycles. The average molecular weight is 271 g/mol. The number of hydrogen-bond donors (Lipinski definition) is 1. The molecular weight excluding hydrogens is 260 g/mol. The summed E-state index contributed by atoms with van der Waals surface area (Å²) in [6.07, 6.45) is -2.71. The number of rotatable bonds is 5. The first-order valence-electron chi connectivity index (χ1n) is 4.30. The zero-order valence-electron chi connectivity index (χ0n) is 8.43. The van der Waals surface area contributed by atoms with Crippen LogP contribution < -0.4 is 0 Å².